The summed E-state index contributed by atoms with van der Waals surface area (Å²) in [5.41, 5.74) is 2.80. The van der Waals surface area contributed by atoms with Gasteiger partial charge in [-0.2, -0.15) is 0 Å². The number of carbonyl (C=O) groups excluding carboxylic acids is 1. The molecule has 4 nitrogen and oxygen atoms in total. The summed E-state index contributed by atoms with van der Waals surface area (Å²) in [4.78, 5) is 18.6. The fraction of sp³-hybridized carbons (Fsp3) is 0.111. The van der Waals surface area contributed by atoms with Crippen LogP contribution in [0.4, 0.5) is 5.69 Å². The Morgan fingerprint density at radius 1 is 1.29 bits per heavy atom. The van der Waals surface area contributed by atoms with Crippen molar-refractivity contribution in [2.24, 2.45) is 0 Å². The average Bonchev–Trinajstić information content (AvgIpc) is 3.07. The van der Waals surface area contributed by atoms with Gasteiger partial charge in [-0.15, -0.1) is 23.1 Å². The molecule has 1 amide bonds. The van der Waals surface area contributed by atoms with E-state index in [0.29, 0.717) is 17.2 Å². The number of anilines is 1. The number of fused-ring (bicyclic) bond motifs is 3. The van der Waals surface area contributed by atoms with Crippen LogP contribution in [0.25, 0.3) is 10.4 Å². The van der Waals surface area contributed by atoms with Crippen molar-refractivity contribution < 1.29 is 9.53 Å². The highest BCUT2D eigenvalue weighted by Gasteiger charge is 2.22. The molecular formula is C18H14N2O2S2. The number of aromatic nitrogens is 1. The number of thiophene rings is 1. The molecular weight excluding hydrogens is 340 g/mol. The van der Waals surface area contributed by atoms with E-state index in [1.165, 1.54) is 11.3 Å². The van der Waals surface area contributed by atoms with Crippen LogP contribution in [-0.2, 0) is 6.61 Å². The summed E-state index contributed by atoms with van der Waals surface area (Å²) < 4.78 is 5.75. The normalized spacial score (nSPS) is 12.0. The topological polar surface area (TPSA) is 51.2 Å². The number of hydrogen-bond acceptors (Lipinski definition) is 5. The highest BCUT2D eigenvalue weighted by atomic mass is 32.2. The summed E-state index contributed by atoms with van der Waals surface area (Å²) in [7, 11) is 0. The van der Waals surface area contributed by atoms with Crippen LogP contribution in [0.1, 0.15) is 15.2 Å². The molecule has 0 radical (unpaired) electrons. The lowest BCUT2D eigenvalue weighted by atomic mass is 10.1. The first-order chi connectivity index (χ1) is 11.7. The molecule has 0 fully saturated rings. The van der Waals surface area contributed by atoms with Crippen molar-refractivity contribution in [2.45, 2.75) is 11.6 Å². The number of carbonyl (C=O) groups is 1. The van der Waals surface area contributed by atoms with Crippen molar-refractivity contribution in [1.29, 1.82) is 0 Å². The highest BCUT2D eigenvalue weighted by molar-refractivity contribution is 7.98. The maximum Gasteiger partial charge on any atom is 0.265 e. The monoisotopic (exact) mass is 354 g/mol. The molecule has 1 N–H and O–H groups in total. The smallest absolute Gasteiger partial charge is 0.265 e. The summed E-state index contributed by atoms with van der Waals surface area (Å²) in [6, 6.07) is 13.6. The summed E-state index contributed by atoms with van der Waals surface area (Å²) in [6.45, 7) is 0.500. The van der Waals surface area contributed by atoms with Gasteiger partial charge < -0.3 is 10.1 Å². The van der Waals surface area contributed by atoms with Crippen LogP contribution in [0.15, 0.2) is 53.7 Å². The standard InChI is InChI=1S/C18H14N2O2S2/c1-23-16-7-6-12(9-19-16)20-18(21)15-8-11-10-22-14-5-3-2-4-13(14)17(11)24-15/h2-9H,10H2,1H3,(H,20,21). The Morgan fingerprint density at radius 2 is 2.17 bits per heavy atom. The Hall–Kier alpha value is -2.31. The summed E-state index contributed by atoms with van der Waals surface area (Å²) in [5, 5.41) is 3.83. The first-order valence-electron chi connectivity index (χ1n) is 7.41. The van der Waals surface area contributed by atoms with Crippen LogP contribution in [0.2, 0.25) is 0 Å². The van der Waals surface area contributed by atoms with Gasteiger partial charge in [-0.1, -0.05) is 12.1 Å². The first-order valence-corrected chi connectivity index (χ1v) is 9.45. The molecule has 6 heteroatoms. The number of hydrogen-bond donors (Lipinski definition) is 1. The predicted octanol–water partition coefficient (Wildman–Crippen LogP) is 4.68. The van der Waals surface area contributed by atoms with Gasteiger partial charge in [0.15, 0.2) is 0 Å². The maximum atomic E-state index is 12.5. The quantitative estimate of drug-likeness (QED) is 0.694. The van der Waals surface area contributed by atoms with E-state index in [2.05, 4.69) is 10.3 Å². The molecule has 0 unspecified atom stereocenters. The lowest BCUT2D eigenvalue weighted by Gasteiger charge is -2.16. The van der Waals surface area contributed by atoms with E-state index < -0.39 is 0 Å². The number of nitrogens with one attached hydrogen (secondary N) is 1. The van der Waals surface area contributed by atoms with E-state index in [-0.39, 0.29) is 5.91 Å². The van der Waals surface area contributed by atoms with Gasteiger partial charge in [0, 0.05) is 16.0 Å². The fourth-order valence-corrected chi connectivity index (χ4v) is 4.03. The number of nitrogens with zero attached hydrogens (tertiary/aromatic N) is 1. The Bertz CT molecular complexity index is 904. The molecule has 0 atom stereocenters. The van der Waals surface area contributed by atoms with Gasteiger partial charge in [0.2, 0.25) is 0 Å². The van der Waals surface area contributed by atoms with Gasteiger partial charge >= 0.3 is 0 Å². The molecule has 0 saturated heterocycles. The van der Waals surface area contributed by atoms with Gasteiger partial charge in [0.1, 0.15) is 12.4 Å². The lowest BCUT2D eigenvalue weighted by Crippen LogP contribution is -2.10. The van der Waals surface area contributed by atoms with Crippen LogP contribution >= 0.6 is 23.1 Å². The predicted molar refractivity (Wildman–Crippen MR) is 98.1 cm³/mol. The minimum absolute atomic E-state index is 0.120. The minimum atomic E-state index is -0.120. The zero-order valence-corrected chi connectivity index (χ0v) is 14.5. The third-order valence-corrected chi connectivity index (χ3v) is 5.62. The second-order valence-corrected chi connectivity index (χ2v) is 7.17. The molecule has 0 saturated carbocycles. The third kappa shape index (κ3) is 2.79. The van der Waals surface area contributed by atoms with Gasteiger partial charge in [-0.05, 0) is 36.6 Å². The van der Waals surface area contributed by atoms with E-state index >= 15 is 0 Å². The fourth-order valence-electron chi connectivity index (χ4n) is 2.58. The van der Waals surface area contributed by atoms with Crippen LogP contribution in [-0.4, -0.2) is 17.1 Å². The van der Waals surface area contributed by atoms with E-state index in [0.717, 1.165) is 26.8 Å². The third-order valence-electron chi connectivity index (χ3n) is 3.75. The molecule has 0 bridgehead atoms. The Morgan fingerprint density at radius 3 is 2.96 bits per heavy atom. The largest absolute Gasteiger partial charge is 0.488 e. The molecule has 24 heavy (non-hydrogen) atoms. The molecule has 2 aromatic heterocycles. The van der Waals surface area contributed by atoms with Crippen molar-refractivity contribution >= 4 is 34.7 Å². The van der Waals surface area contributed by atoms with Crippen LogP contribution in [0, 0.1) is 0 Å². The molecule has 0 aliphatic carbocycles. The molecule has 120 valence electrons. The maximum absolute atomic E-state index is 12.5. The van der Waals surface area contributed by atoms with Gasteiger partial charge in [-0.25, -0.2) is 4.98 Å². The molecule has 1 aromatic carbocycles. The average molecular weight is 354 g/mol. The van der Waals surface area contributed by atoms with E-state index in [1.807, 2.05) is 48.7 Å². The van der Waals surface area contributed by atoms with E-state index in [9.17, 15) is 4.79 Å². The van der Waals surface area contributed by atoms with Crippen LogP contribution in [0.3, 0.4) is 0 Å². The summed E-state index contributed by atoms with van der Waals surface area (Å²) in [5.74, 6) is 0.751. The zero-order chi connectivity index (χ0) is 16.5. The van der Waals surface area contributed by atoms with Crippen molar-refractivity contribution in [3.63, 3.8) is 0 Å². The van der Waals surface area contributed by atoms with Crippen molar-refractivity contribution in [3.8, 4) is 16.2 Å². The molecule has 0 spiro atoms. The van der Waals surface area contributed by atoms with Crippen molar-refractivity contribution in [1.82, 2.24) is 4.98 Å². The second-order valence-electron chi connectivity index (χ2n) is 5.29. The van der Waals surface area contributed by atoms with E-state index in [4.69, 9.17) is 4.74 Å². The van der Waals surface area contributed by atoms with Crippen molar-refractivity contribution in [2.75, 3.05) is 11.6 Å². The minimum Gasteiger partial charge on any atom is -0.488 e. The molecule has 3 heterocycles. The molecule has 4 rings (SSSR count). The van der Waals surface area contributed by atoms with Crippen molar-refractivity contribution in [3.05, 3.63) is 59.1 Å². The van der Waals surface area contributed by atoms with Gasteiger partial charge in [-0.3, -0.25) is 4.79 Å². The number of thioether (sulfide) groups is 1. The number of para-hydroxylation sites is 1. The van der Waals surface area contributed by atoms with Crippen LogP contribution in [0.5, 0.6) is 5.75 Å². The van der Waals surface area contributed by atoms with E-state index in [1.54, 1.807) is 18.0 Å². The number of amides is 1. The molecule has 3 aromatic rings. The summed E-state index contributed by atoms with van der Waals surface area (Å²) >= 11 is 3.07. The zero-order valence-electron chi connectivity index (χ0n) is 12.9. The lowest BCUT2D eigenvalue weighted by molar-refractivity contribution is 0.103. The first kappa shape index (κ1) is 15.2. The second kappa shape index (κ2) is 6.30. The number of benzene rings is 1. The molecule has 1 aliphatic rings. The SMILES string of the molecule is CSc1ccc(NC(=O)c2cc3c(s2)-c2ccccc2OC3)cn1. The Kier molecular flexibility index (Phi) is 4.00. The highest BCUT2D eigenvalue weighted by Crippen LogP contribution is 2.42. The molecule has 1 aliphatic heterocycles. The number of pyridine rings is 1. The summed E-state index contributed by atoms with van der Waals surface area (Å²) in [6.07, 6.45) is 3.65. The van der Waals surface area contributed by atoms with Crippen LogP contribution < -0.4 is 10.1 Å². The Labute approximate surface area is 147 Å². The number of ether oxygens (including phenoxy) is 1. The Balaban J connectivity index is 1.59. The number of rotatable bonds is 3. The van der Waals surface area contributed by atoms with Gasteiger partial charge in [0.05, 0.1) is 21.8 Å². The van der Waals surface area contributed by atoms with Gasteiger partial charge in [0.25, 0.3) is 5.91 Å².